The number of carboxylic acid groups (broad SMARTS) is 1. The summed E-state index contributed by atoms with van der Waals surface area (Å²) in [6, 6.07) is 16.3. The molecule has 1 amide bonds. The van der Waals surface area contributed by atoms with Crippen molar-refractivity contribution in [1.29, 1.82) is 0 Å². The highest BCUT2D eigenvalue weighted by atomic mass is 32.1. The number of nitrogens with one attached hydrogen (secondary N) is 1. The number of carbonyl (C=O) groups is 2. The van der Waals surface area contributed by atoms with Crippen molar-refractivity contribution in [1.82, 2.24) is 14.8 Å². The summed E-state index contributed by atoms with van der Waals surface area (Å²) in [6.45, 7) is 7.64. The first-order valence-electron chi connectivity index (χ1n) is 12.2. The number of aromatic nitrogens is 3. The predicted octanol–water partition coefficient (Wildman–Crippen LogP) is 5.52. The van der Waals surface area contributed by atoms with E-state index in [1.165, 1.54) is 6.08 Å². The van der Waals surface area contributed by atoms with Gasteiger partial charge in [-0.15, -0.1) is 21.5 Å². The summed E-state index contributed by atoms with van der Waals surface area (Å²) >= 11 is 1.63. The molecule has 2 aromatic carbocycles. The van der Waals surface area contributed by atoms with Gasteiger partial charge in [0.2, 0.25) is 5.91 Å². The number of para-hydroxylation sites is 1. The number of nitrogens with zero attached hydrogens (tertiary/aromatic N) is 4. The summed E-state index contributed by atoms with van der Waals surface area (Å²) in [4.78, 5) is 30.5. The third kappa shape index (κ3) is 4.68. The van der Waals surface area contributed by atoms with Gasteiger partial charge in [-0.1, -0.05) is 42.5 Å². The van der Waals surface area contributed by atoms with Gasteiger partial charge in [0.25, 0.3) is 0 Å². The number of carboxylic acids is 1. The lowest BCUT2D eigenvalue weighted by molar-refractivity contribution is -0.141. The maximum Gasteiger partial charge on any atom is 0.308 e. The van der Waals surface area contributed by atoms with Crippen LogP contribution in [0.1, 0.15) is 51.7 Å². The number of fused-ring (bicyclic) bond motifs is 3. The predicted molar refractivity (Wildman–Crippen MR) is 149 cm³/mol. The number of carbonyl (C=O) groups excluding carboxylic acids is 1. The molecule has 9 heteroatoms. The van der Waals surface area contributed by atoms with Crippen LogP contribution in [0.15, 0.2) is 65.7 Å². The van der Waals surface area contributed by atoms with Crippen LogP contribution >= 0.6 is 11.3 Å². The first-order chi connectivity index (χ1) is 18.2. The Kier molecular flexibility index (Phi) is 6.77. The van der Waals surface area contributed by atoms with Crippen molar-refractivity contribution in [2.75, 3.05) is 5.32 Å². The lowest BCUT2D eigenvalue weighted by Crippen LogP contribution is -2.21. The molecule has 1 aliphatic rings. The molecule has 2 aromatic heterocycles. The average molecular weight is 526 g/mol. The summed E-state index contributed by atoms with van der Waals surface area (Å²) in [5.41, 5.74) is 5.22. The van der Waals surface area contributed by atoms with Gasteiger partial charge >= 0.3 is 5.97 Å². The molecule has 3 heterocycles. The Morgan fingerprint density at radius 2 is 1.76 bits per heavy atom. The van der Waals surface area contributed by atoms with Crippen molar-refractivity contribution >= 4 is 40.7 Å². The van der Waals surface area contributed by atoms with Gasteiger partial charge in [-0.25, -0.2) is 0 Å². The van der Waals surface area contributed by atoms with E-state index in [4.69, 9.17) is 4.99 Å². The van der Waals surface area contributed by atoms with Gasteiger partial charge in [0, 0.05) is 27.8 Å². The van der Waals surface area contributed by atoms with E-state index in [9.17, 15) is 14.7 Å². The molecule has 4 aromatic rings. The van der Waals surface area contributed by atoms with E-state index >= 15 is 0 Å². The van der Waals surface area contributed by atoms with E-state index in [-0.39, 0.29) is 5.91 Å². The largest absolute Gasteiger partial charge is 0.481 e. The van der Waals surface area contributed by atoms with E-state index < -0.39 is 17.9 Å². The van der Waals surface area contributed by atoms with Crippen LogP contribution in [0.5, 0.6) is 0 Å². The molecule has 0 aliphatic carbocycles. The van der Waals surface area contributed by atoms with Crippen molar-refractivity contribution in [3.05, 3.63) is 99.5 Å². The van der Waals surface area contributed by atoms with Gasteiger partial charge in [-0.05, 0) is 57.0 Å². The Bertz CT molecular complexity index is 1580. The fraction of sp³-hybridized carbons (Fsp3) is 0.207. The van der Waals surface area contributed by atoms with E-state index in [0.29, 0.717) is 11.6 Å². The molecule has 192 valence electrons. The summed E-state index contributed by atoms with van der Waals surface area (Å²) < 4.78 is 1.95. The minimum Gasteiger partial charge on any atom is -0.481 e. The van der Waals surface area contributed by atoms with Crippen LogP contribution in [0, 0.1) is 26.7 Å². The number of benzene rings is 2. The summed E-state index contributed by atoms with van der Waals surface area (Å²) in [7, 11) is 0. The maximum atomic E-state index is 12.3. The first kappa shape index (κ1) is 25.3. The molecular weight excluding hydrogens is 498 g/mol. The molecule has 0 spiro atoms. The second-order valence-corrected chi connectivity index (χ2v) is 10.5. The molecule has 0 radical (unpaired) electrons. The van der Waals surface area contributed by atoms with Crippen LogP contribution in [0.2, 0.25) is 0 Å². The fourth-order valence-corrected chi connectivity index (χ4v) is 5.66. The molecule has 2 N–H and O–H groups in total. The minimum atomic E-state index is -0.947. The number of aliphatic carboxylic acids is 1. The van der Waals surface area contributed by atoms with Crippen molar-refractivity contribution in [2.24, 2.45) is 10.9 Å². The zero-order valence-electron chi connectivity index (χ0n) is 21.5. The van der Waals surface area contributed by atoms with Gasteiger partial charge in [-0.2, -0.15) is 0 Å². The molecule has 8 nitrogen and oxygen atoms in total. The Morgan fingerprint density at radius 3 is 2.45 bits per heavy atom. The zero-order valence-corrected chi connectivity index (χ0v) is 22.3. The molecule has 5 rings (SSSR count). The van der Waals surface area contributed by atoms with E-state index in [2.05, 4.69) is 29.4 Å². The van der Waals surface area contributed by atoms with E-state index in [0.717, 1.165) is 43.5 Å². The molecule has 1 unspecified atom stereocenters. The van der Waals surface area contributed by atoms with E-state index in [1.807, 2.05) is 66.1 Å². The maximum absolute atomic E-state index is 12.3. The normalized spacial score (nSPS) is 15.4. The van der Waals surface area contributed by atoms with Crippen molar-refractivity contribution in [2.45, 2.75) is 33.7 Å². The Hall–Kier alpha value is -4.37. The molecule has 0 fully saturated rings. The first-order valence-corrected chi connectivity index (χ1v) is 13.0. The Morgan fingerprint density at radius 1 is 1.05 bits per heavy atom. The van der Waals surface area contributed by atoms with Crippen LogP contribution in [0.25, 0.3) is 11.1 Å². The number of thiophene rings is 1. The van der Waals surface area contributed by atoms with Crippen LogP contribution in [-0.2, 0) is 9.59 Å². The van der Waals surface area contributed by atoms with Gasteiger partial charge in [0.15, 0.2) is 5.82 Å². The highest BCUT2D eigenvalue weighted by molar-refractivity contribution is 7.15. The topological polar surface area (TPSA) is 109 Å². The van der Waals surface area contributed by atoms with Crippen LogP contribution in [0.3, 0.4) is 0 Å². The molecule has 2 atom stereocenters. The molecule has 38 heavy (non-hydrogen) atoms. The lowest BCUT2D eigenvalue weighted by Gasteiger charge is -2.16. The van der Waals surface area contributed by atoms with Gasteiger partial charge in [0.1, 0.15) is 16.9 Å². The van der Waals surface area contributed by atoms with Crippen LogP contribution in [0.4, 0.5) is 5.69 Å². The molecule has 1 aliphatic heterocycles. The molecular formula is C29H27N5O3S. The Labute approximate surface area is 224 Å². The zero-order chi connectivity index (χ0) is 27.0. The molecule has 0 saturated carbocycles. The molecule has 0 saturated heterocycles. The Balaban J connectivity index is 1.52. The van der Waals surface area contributed by atoms with Crippen molar-refractivity contribution in [3.63, 3.8) is 0 Å². The molecule has 0 bridgehead atoms. The number of hydrogen-bond acceptors (Lipinski definition) is 6. The van der Waals surface area contributed by atoms with Crippen LogP contribution in [-0.4, -0.2) is 37.5 Å². The fourth-order valence-electron chi connectivity index (χ4n) is 4.45. The number of hydrogen-bond donors (Lipinski definition) is 2. The third-order valence-corrected chi connectivity index (χ3v) is 7.90. The number of aryl methyl sites for hydroxylation is 2. The van der Waals surface area contributed by atoms with Gasteiger partial charge < -0.3 is 10.4 Å². The number of aliphatic imine (C=N–C) groups is 1. The second-order valence-electron chi connectivity index (χ2n) is 9.26. The van der Waals surface area contributed by atoms with Crippen molar-refractivity contribution < 1.29 is 14.7 Å². The number of rotatable bonds is 6. The van der Waals surface area contributed by atoms with Crippen LogP contribution < -0.4 is 5.32 Å². The number of anilines is 1. The standard InChI is InChI=1S/C29H27N5O3S/c1-16-18(3)38-28-24(16)26(31-25(17(2)29(36)37)27-33-32-19(4)34(27)28)21-13-10-20(11-14-21)12-15-23(35)30-22-8-6-5-7-9-22/h5-15,17,25H,1-4H3,(H,30,35)(H,36,37)/t17?,25-/m0/s1. The monoisotopic (exact) mass is 525 g/mol. The van der Waals surface area contributed by atoms with Gasteiger partial charge in [0.05, 0.1) is 11.6 Å². The minimum absolute atomic E-state index is 0.216. The average Bonchev–Trinajstić information content (AvgIpc) is 3.37. The summed E-state index contributed by atoms with van der Waals surface area (Å²) in [6.07, 6.45) is 3.25. The quantitative estimate of drug-likeness (QED) is 0.322. The highest BCUT2D eigenvalue weighted by Gasteiger charge is 2.36. The second kappa shape index (κ2) is 10.2. The smallest absolute Gasteiger partial charge is 0.308 e. The third-order valence-electron chi connectivity index (χ3n) is 6.70. The highest BCUT2D eigenvalue weighted by Crippen LogP contribution is 2.40. The van der Waals surface area contributed by atoms with Crippen molar-refractivity contribution in [3.8, 4) is 5.00 Å². The summed E-state index contributed by atoms with van der Waals surface area (Å²) in [5.74, 6) is -0.744. The van der Waals surface area contributed by atoms with E-state index in [1.54, 1.807) is 24.3 Å². The summed E-state index contributed by atoms with van der Waals surface area (Å²) in [5, 5.41) is 22.2. The van der Waals surface area contributed by atoms with Gasteiger partial charge in [-0.3, -0.25) is 19.1 Å². The SMILES string of the molecule is Cc1sc2c(c1C)C(c1ccc(C=CC(=O)Nc3ccccc3)cc1)=N[C@@H](C(C)C(=O)O)c1nnc(C)n1-2. The lowest BCUT2D eigenvalue weighted by atomic mass is 9.97. The number of amides is 1.